The Hall–Kier alpha value is -0.570. The first-order valence-electron chi connectivity index (χ1n) is 3.79. The van der Waals surface area contributed by atoms with Gasteiger partial charge in [0.05, 0.1) is 6.04 Å². The van der Waals surface area contributed by atoms with Gasteiger partial charge in [0, 0.05) is 7.05 Å². The van der Waals surface area contributed by atoms with Gasteiger partial charge in [0.2, 0.25) is 5.91 Å². The van der Waals surface area contributed by atoms with Crippen LogP contribution in [0.2, 0.25) is 0 Å². The van der Waals surface area contributed by atoms with E-state index in [0.717, 1.165) is 13.0 Å². The number of amides is 1. The second kappa shape index (κ2) is 3.56. The van der Waals surface area contributed by atoms with Gasteiger partial charge in [-0.05, 0) is 19.4 Å². The molecule has 1 aliphatic rings. The third kappa shape index (κ3) is 1.70. The van der Waals surface area contributed by atoms with Crippen LogP contribution in [-0.4, -0.2) is 25.5 Å². The Morgan fingerprint density at radius 1 is 1.60 bits per heavy atom. The van der Waals surface area contributed by atoms with Crippen LogP contribution in [0, 0.1) is 0 Å². The van der Waals surface area contributed by atoms with Crippen LogP contribution < -0.4 is 10.6 Å². The van der Waals surface area contributed by atoms with E-state index < -0.39 is 0 Å². The Kier molecular flexibility index (Phi) is 2.68. The van der Waals surface area contributed by atoms with E-state index in [9.17, 15) is 4.79 Å². The summed E-state index contributed by atoms with van der Waals surface area (Å²) in [5.41, 5.74) is 0. The third-order valence-electron chi connectivity index (χ3n) is 1.87. The van der Waals surface area contributed by atoms with Crippen molar-refractivity contribution < 1.29 is 4.79 Å². The summed E-state index contributed by atoms with van der Waals surface area (Å²) in [5.74, 6) is 0.125. The summed E-state index contributed by atoms with van der Waals surface area (Å²) in [4.78, 5) is 11.0. The second-order valence-electron chi connectivity index (χ2n) is 2.62. The molecule has 10 heavy (non-hydrogen) atoms. The van der Waals surface area contributed by atoms with Gasteiger partial charge in [-0.1, -0.05) is 6.42 Å². The van der Waals surface area contributed by atoms with Crippen molar-refractivity contribution in [3.05, 3.63) is 0 Å². The van der Waals surface area contributed by atoms with E-state index in [1.54, 1.807) is 7.05 Å². The minimum Gasteiger partial charge on any atom is -0.358 e. The maximum atomic E-state index is 11.0. The van der Waals surface area contributed by atoms with Crippen molar-refractivity contribution in [2.24, 2.45) is 0 Å². The van der Waals surface area contributed by atoms with E-state index in [4.69, 9.17) is 0 Å². The fourth-order valence-electron chi connectivity index (χ4n) is 1.25. The molecule has 58 valence electrons. The number of likely N-dealkylation sites (N-methyl/N-ethyl adjacent to an activating group) is 1. The zero-order chi connectivity index (χ0) is 7.40. The predicted octanol–water partition coefficient (Wildman–Crippen LogP) is -0.126. The third-order valence-corrected chi connectivity index (χ3v) is 1.87. The van der Waals surface area contributed by atoms with Crippen molar-refractivity contribution in [1.29, 1.82) is 0 Å². The van der Waals surface area contributed by atoms with Gasteiger partial charge in [0.25, 0.3) is 0 Å². The molecule has 0 bridgehead atoms. The molecule has 1 heterocycles. The molecule has 1 saturated heterocycles. The number of hydrogen-bond donors (Lipinski definition) is 2. The highest BCUT2D eigenvalue weighted by Crippen LogP contribution is 2.05. The Balaban J connectivity index is 2.31. The maximum absolute atomic E-state index is 11.0. The van der Waals surface area contributed by atoms with Crippen molar-refractivity contribution in [2.45, 2.75) is 25.3 Å². The van der Waals surface area contributed by atoms with Crippen LogP contribution >= 0.6 is 0 Å². The van der Waals surface area contributed by atoms with E-state index in [2.05, 4.69) is 10.6 Å². The van der Waals surface area contributed by atoms with E-state index in [1.807, 2.05) is 0 Å². The van der Waals surface area contributed by atoms with Gasteiger partial charge in [-0.2, -0.15) is 0 Å². The minimum atomic E-state index is 0.0683. The Bertz CT molecular complexity index is 119. The summed E-state index contributed by atoms with van der Waals surface area (Å²) in [6.07, 6.45) is 3.36. The molecule has 0 unspecified atom stereocenters. The molecule has 1 fully saturated rings. The average Bonchev–Trinajstić information content (AvgIpc) is 2.05. The smallest absolute Gasteiger partial charge is 0.236 e. The van der Waals surface area contributed by atoms with Crippen molar-refractivity contribution in [3.8, 4) is 0 Å². The van der Waals surface area contributed by atoms with Gasteiger partial charge in [-0.3, -0.25) is 4.79 Å². The van der Waals surface area contributed by atoms with Crippen molar-refractivity contribution in [3.63, 3.8) is 0 Å². The maximum Gasteiger partial charge on any atom is 0.236 e. The summed E-state index contributed by atoms with van der Waals surface area (Å²) in [6.45, 7) is 0.984. The van der Waals surface area contributed by atoms with Crippen LogP contribution in [-0.2, 0) is 4.79 Å². The van der Waals surface area contributed by atoms with Crippen LogP contribution in [0.1, 0.15) is 19.3 Å². The first kappa shape index (κ1) is 7.54. The quantitative estimate of drug-likeness (QED) is 0.535. The largest absolute Gasteiger partial charge is 0.358 e. The zero-order valence-electron chi connectivity index (χ0n) is 6.31. The number of piperidine rings is 1. The number of rotatable bonds is 1. The van der Waals surface area contributed by atoms with Crippen LogP contribution in [0.4, 0.5) is 0 Å². The summed E-state index contributed by atoms with van der Waals surface area (Å²) in [6, 6.07) is 0.0683. The van der Waals surface area contributed by atoms with Crippen molar-refractivity contribution in [1.82, 2.24) is 10.6 Å². The molecule has 0 spiro atoms. The molecule has 0 aliphatic carbocycles. The lowest BCUT2D eigenvalue weighted by Gasteiger charge is -2.21. The van der Waals surface area contributed by atoms with Crippen LogP contribution in [0.15, 0.2) is 0 Å². The van der Waals surface area contributed by atoms with Gasteiger partial charge in [-0.15, -0.1) is 0 Å². The lowest BCUT2D eigenvalue weighted by molar-refractivity contribution is -0.123. The first-order valence-corrected chi connectivity index (χ1v) is 3.79. The van der Waals surface area contributed by atoms with E-state index in [-0.39, 0.29) is 11.9 Å². The molecule has 0 saturated carbocycles. The topological polar surface area (TPSA) is 41.1 Å². The molecule has 1 atom stereocenters. The van der Waals surface area contributed by atoms with Crippen molar-refractivity contribution >= 4 is 5.91 Å². The zero-order valence-corrected chi connectivity index (χ0v) is 6.31. The second-order valence-corrected chi connectivity index (χ2v) is 2.62. The molecular weight excluding hydrogens is 128 g/mol. The van der Waals surface area contributed by atoms with Gasteiger partial charge in [0.1, 0.15) is 0 Å². The summed E-state index contributed by atoms with van der Waals surface area (Å²) >= 11 is 0. The van der Waals surface area contributed by atoms with Gasteiger partial charge < -0.3 is 10.6 Å². The number of carbonyl (C=O) groups excluding carboxylic acids is 1. The van der Waals surface area contributed by atoms with E-state index in [1.165, 1.54) is 12.8 Å². The molecule has 2 N–H and O–H groups in total. The van der Waals surface area contributed by atoms with Gasteiger partial charge in [-0.25, -0.2) is 0 Å². The molecule has 1 rings (SSSR count). The van der Waals surface area contributed by atoms with E-state index >= 15 is 0 Å². The number of hydrogen-bond acceptors (Lipinski definition) is 2. The van der Waals surface area contributed by atoms with Crippen LogP contribution in [0.25, 0.3) is 0 Å². The Labute approximate surface area is 61.2 Å². The lowest BCUT2D eigenvalue weighted by Crippen LogP contribution is -2.45. The highest BCUT2D eigenvalue weighted by molar-refractivity contribution is 5.81. The molecule has 3 heteroatoms. The fraction of sp³-hybridized carbons (Fsp3) is 0.857. The molecule has 3 nitrogen and oxygen atoms in total. The highest BCUT2D eigenvalue weighted by atomic mass is 16.2. The van der Waals surface area contributed by atoms with Crippen LogP contribution in [0.5, 0.6) is 0 Å². The molecule has 0 aromatic rings. The molecule has 0 aromatic heterocycles. The van der Waals surface area contributed by atoms with Crippen LogP contribution in [0.3, 0.4) is 0 Å². The van der Waals surface area contributed by atoms with Gasteiger partial charge >= 0.3 is 0 Å². The monoisotopic (exact) mass is 142 g/mol. The summed E-state index contributed by atoms with van der Waals surface area (Å²) in [7, 11) is 1.68. The molecule has 0 aromatic carbocycles. The minimum absolute atomic E-state index is 0.0683. The summed E-state index contributed by atoms with van der Waals surface area (Å²) in [5, 5.41) is 5.79. The first-order chi connectivity index (χ1) is 4.84. The molecule has 1 aliphatic heterocycles. The normalized spacial score (nSPS) is 25.9. The number of carbonyl (C=O) groups is 1. The lowest BCUT2D eigenvalue weighted by atomic mass is 10.0. The summed E-state index contributed by atoms with van der Waals surface area (Å²) < 4.78 is 0. The molecule has 1 amide bonds. The Morgan fingerprint density at radius 3 is 2.90 bits per heavy atom. The van der Waals surface area contributed by atoms with Crippen molar-refractivity contribution in [2.75, 3.05) is 13.6 Å². The highest BCUT2D eigenvalue weighted by Gasteiger charge is 2.18. The van der Waals surface area contributed by atoms with E-state index in [0.29, 0.717) is 0 Å². The van der Waals surface area contributed by atoms with Gasteiger partial charge in [0.15, 0.2) is 0 Å². The predicted molar refractivity (Wildman–Crippen MR) is 39.7 cm³/mol. The molecule has 0 radical (unpaired) electrons. The fourth-order valence-corrected chi connectivity index (χ4v) is 1.25. The average molecular weight is 142 g/mol. The standard InChI is InChI=1S/C7H14N2O/c1-8-7(10)6-4-2-3-5-9-6/h6,9H,2-5H2,1H3,(H,8,10)/t6-/m1/s1. The SMILES string of the molecule is CNC(=O)[C@H]1CCCCN1. The molecular formula is C7H14N2O. The Morgan fingerprint density at radius 2 is 2.40 bits per heavy atom. The number of nitrogens with one attached hydrogen (secondary N) is 2.